The monoisotopic (exact) mass is 287 g/mol. The molecule has 0 N–H and O–H groups in total. The van der Waals surface area contributed by atoms with Gasteiger partial charge in [-0.3, -0.25) is 4.31 Å². The maximum absolute atomic E-state index is 12.5. The minimum absolute atomic E-state index is 0.141. The highest BCUT2D eigenvalue weighted by Crippen LogP contribution is 2.21. The van der Waals surface area contributed by atoms with Crippen LogP contribution in [0, 0.1) is 18.3 Å². The van der Waals surface area contributed by atoms with Crippen molar-refractivity contribution >= 4 is 15.8 Å². The summed E-state index contributed by atoms with van der Waals surface area (Å²) in [6, 6.07) is 11.5. The van der Waals surface area contributed by atoms with Crippen molar-refractivity contribution in [2.45, 2.75) is 11.8 Å². The Hall–Kier alpha value is -2.39. The van der Waals surface area contributed by atoms with Crippen molar-refractivity contribution in [3.05, 3.63) is 53.7 Å². The van der Waals surface area contributed by atoms with Crippen LogP contribution in [0.1, 0.15) is 11.1 Å². The molecule has 0 aliphatic heterocycles. The normalized spacial score (nSPS) is 10.8. The molecule has 1 aromatic heterocycles. The number of nitriles is 1. The van der Waals surface area contributed by atoms with Crippen molar-refractivity contribution in [2.75, 3.05) is 11.4 Å². The van der Waals surface area contributed by atoms with E-state index < -0.39 is 10.0 Å². The molecule has 1 aromatic carbocycles. The summed E-state index contributed by atoms with van der Waals surface area (Å²) in [7, 11) is -2.23. The molecule has 6 heteroatoms. The summed E-state index contributed by atoms with van der Waals surface area (Å²) < 4.78 is 26.1. The van der Waals surface area contributed by atoms with Crippen molar-refractivity contribution in [2.24, 2.45) is 0 Å². The summed E-state index contributed by atoms with van der Waals surface area (Å²) in [5.74, 6) is 0.342. The number of aryl methyl sites for hydroxylation is 1. The van der Waals surface area contributed by atoms with E-state index in [0.717, 1.165) is 4.31 Å². The molecule has 0 radical (unpaired) electrons. The molecule has 0 saturated heterocycles. The Labute approximate surface area is 118 Å². The van der Waals surface area contributed by atoms with Crippen LogP contribution in [-0.2, 0) is 10.0 Å². The Kier molecular flexibility index (Phi) is 3.72. The van der Waals surface area contributed by atoms with Gasteiger partial charge < -0.3 is 0 Å². The highest BCUT2D eigenvalue weighted by atomic mass is 32.2. The Morgan fingerprint density at radius 1 is 1.25 bits per heavy atom. The van der Waals surface area contributed by atoms with Gasteiger partial charge in [-0.1, -0.05) is 6.07 Å². The van der Waals surface area contributed by atoms with E-state index in [-0.39, 0.29) is 4.90 Å². The molecule has 0 bridgehead atoms. The zero-order valence-electron chi connectivity index (χ0n) is 11.1. The molecule has 2 aromatic rings. The predicted octanol–water partition coefficient (Wildman–Crippen LogP) is 2.09. The second-order valence-electron chi connectivity index (χ2n) is 4.25. The molecule has 0 saturated carbocycles. The van der Waals surface area contributed by atoms with Gasteiger partial charge in [0.25, 0.3) is 10.0 Å². The highest BCUT2D eigenvalue weighted by Gasteiger charge is 2.22. The molecule has 0 aliphatic rings. The van der Waals surface area contributed by atoms with E-state index >= 15 is 0 Å². The van der Waals surface area contributed by atoms with E-state index in [2.05, 4.69) is 4.98 Å². The number of hydrogen-bond donors (Lipinski definition) is 0. The molecule has 5 nitrogen and oxygen atoms in total. The first kappa shape index (κ1) is 14.0. The zero-order valence-corrected chi connectivity index (χ0v) is 11.9. The van der Waals surface area contributed by atoms with Crippen molar-refractivity contribution < 1.29 is 8.42 Å². The molecule has 20 heavy (non-hydrogen) atoms. The second-order valence-corrected chi connectivity index (χ2v) is 6.22. The Balaban J connectivity index is 2.46. The van der Waals surface area contributed by atoms with Crippen LogP contribution in [-0.4, -0.2) is 20.4 Å². The molecule has 0 aliphatic carbocycles. The first-order valence-electron chi connectivity index (χ1n) is 5.87. The number of hydrogen-bond acceptors (Lipinski definition) is 4. The fraction of sp³-hybridized carbons (Fsp3) is 0.143. The van der Waals surface area contributed by atoms with Crippen LogP contribution in [0.2, 0.25) is 0 Å². The van der Waals surface area contributed by atoms with Gasteiger partial charge in [-0.25, -0.2) is 13.4 Å². The van der Waals surface area contributed by atoms with Gasteiger partial charge in [0.2, 0.25) is 0 Å². The average Bonchev–Trinajstić information content (AvgIpc) is 2.47. The van der Waals surface area contributed by atoms with Crippen LogP contribution < -0.4 is 4.31 Å². The van der Waals surface area contributed by atoms with Crippen molar-refractivity contribution in [3.8, 4) is 6.07 Å². The van der Waals surface area contributed by atoms with E-state index in [1.807, 2.05) is 6.07 Å². The molecule has 102 valence electrons. The third kappa shape index (κ3) is 2.49. The SMILES string of the molecule is Cc1cc(S(=O)(=O)N(C)c2ccccn2)ccc1C#N. The molecule has 0 atom stereocenters. The number of benzene rings is 1. The summed E-state index contributed by atoms with van der Waals surface area (Å²) in [5.41, 5.74) is 1.09. The number of sulfonamides is 1. The summed E-state index contributed by atoms with van der Waals surface area (Å²) in [6.45, 7) is 1.71. The predicted molar refractivity (Wildman–Crippen MR) is 75.7 cm³/mol. The van der Waals surface area contributed by atoms with Crippen molar-refractivity contribution in [1.29, 1.82) is 5.26 Å². The molecule has 2 rings (SSSR count). The number of aromatic nitrogens is 1. The molecule has 1 heterocycles. The minimum Gasteiger partial charge on any atom is -0.253 e. The standard InChI is InChI=1S/C14H13N3O2S/c1-11-9-13(7-6-12(11)10-15)20(18,19)17(2)14-5-3-4-8-16-14/h3-9H,1-2H3. The molecule has 0 fully saturated rings. The average molecular weight is 287 g/mol. The van der Waals surface area contributed by atoms with Gasteiger partial charge in [0.05, 0.1) is 16.5 Å². The topological polar surface area (TPSA) is 74.1 Å². The zero-order chi connectivity index (χ0) is 14.8. The molecule has 0 unspecified atom stereocenters. The summed E-state index contributed by atoms with van der Waals surface area (Å²) in [6.07, 6.45) is 1.53. The maximum atomic E-state index is 12.5. The number of nitrogens with zero attached hydrogens (tertiary/aromatic N) is 3. The second kappa shape index (κ2) is 5.31. The molecular weight excluding hydrogens is 274 g/mol. The first-order chi connectivity index (χ1) is 9.46. The summed E-state index contributed by atoms with van der Waals surface area (Å²) >= 11 is 0. The lowest BCUT2D eigenvalue weighted by molar-refractivity contribution is 0.594. The smallest absolute Gasteiger partial charge is 0.253 e. The Morgan fingerprint density at radius 2 is 2.00 bits per heavy atom. The number of rotatable bonds is 3. The quantitative estimate of drug-likeness (QED) is 0.866. The van der Waals surface area contributed by atoms with E-state index in [1.165, 1.54) is 31.4 Å². The summed E-state index contributed by atoms with van der Waals surface area (Å²) in [5, 5.41) is 8.88. The van der Waals surface area contributed by atoms with Gasteiger partial charge >= 0.3 is 0 Å². The van der Waals surface area contributed by atoms with Crippen LogP contribution in [0.25, 0.3) is 0 Å². The van der Waals surface area contributed by atoms with Gasteiger partial charge in [-0.05, 0) is 42.8 Å². The van der Waals surface area contributed by atoms with Gasteiger partial charge in [-0.2, -0.15) is 5.26 Å². The highest BCUT2D eigenvalue weighted by molar-refractivity contribution is 7.92. The van der Waals surface area contributed by atoms with Crippen molar-refractivity contribution in [3.63, 3.8) is 0 Å². The lowest BCUT2D eigenvalue weighted by atomic mass is 10.1. The lowest BCUT2D eigenvalue weighted by Gasteiger charge is -2.18. The van der Waals surface area contributed by atoms with Crippen LogP contribution in [0.5, 0.6) is 0 Å². The van der Waals surface area contributed by atoms with Gasteiger partial charge in [-0.15, -0.1) is 0 Å². The number of anilines is 1. The molecule has 0 spiro atoms. The Morgan fingerprint density at radius 3 is 2.55 bits per heavy atom. The third-order valence-electron chi connectivity index (χ3n) is 2.95. The van der Waals surface area contributed by atoms with E-state index in [9.17, 15) is 8.42 Å². The van der Waals surface area contributed by atoms with Crippen molar-refractivity contribution in [1.82, 2.24) is 4.98 Å². The maximum Gasteiger partial charge on any atom is 0.265 e. The van der Waals surface area contributed by atoms with E-state index in [0.29, 0.717) is 16.9 Å². The minimum atomic E-state index is -3.68. The van der Waals surface area contributed by atoms with Gasteiger partial charge in [0.1, 0.15) is 5.82 Å². The fourth-order valence-electron chi connectivity index (χ4n) is 1.74. The Bertz CT molecular complexity index is 765. The largest absolute Gasteiger partial charge is 0.265 e. The third-order valence-corrected chi connectivity index (χ3v) is 4.71. The number of pyridine rings is 1. The van der Waals surface area contributed by atoms with Gasteiger partial charge in [0, 0.05) is 13.2 Å². The van der Waals surface area contributed by atoms with Gasteiger partial charge in [0.15, 0.2) is 0 Å². The fourth-order valence-corrected chi connectivity index (χ4v) is 2.98. The molecule has 0 amide bonds. The van der Waals surface area contributed by atoms with Crippen LogP contribution in [0.3, 0.4) is 0 Å². The van der Waals surface area contributed by atoms with E-state index in [1.54, 1.807) is 25.1 Å². The van der Waals surface area contributed by atoms with E-state index in [4.69, 9.17) is 5.26 Å². The van der Waals surface area contributed by atoms with Crippen LogP contribution in [0.15, 0.2) is 47.5 Å². The van der Waals surface area contributed by atoms with Crippen LogP contribution >= 0.6 is 0 Å². The molecular formula is C14H13N3O2S. The lowest BCUT2D eigenvalue weighted by Crippen LogP contribution is -2.27. The first-order valence-corrected chi connectivity index (χ1v) is 7.31. The summed E-state index contributed by atoms with van der Waals surface area (Å²) in [4.78, 5) is 4.16. The van der Waals surface area contributed by atoms with Crippen LogP contribution in [0.4, 0.5) is 5.82 Å².